The maximum Gasteiger partial charge on any atom is 0.408 e. The maximum absolute atomic E-state index is 14.0. The molecule has 1 aliphatic rings. The summed E-state index contributed by atoms with van der Waals surface area (Å²) < 4.78 is 5.38. The number of hydrogen-bond acceptors (Lipinski definition) is 5. The highest BCUT2D eigenvalue weighted by atomic mass is 32.1. The topological polar surface area (TPSA) is 87.7 Å². The number of anilines is 1. The Morgan fingerprint density at radius 3 is 2.26 bits per heavy atom. The molecule has 2 N–H and O–H groups in total. The van der Waals surface area contributed by atoms with E-state index in [1.54, 1.807) is 25.7 Å². The van der Waals surface area contributed by atoms with Crippen molar-refractivity contribution in [3.05, 3.63) is 77.9 Å². The third-order valence-electron chi connectivity index (χ3n) is 6.79. The lowest BCUT2D eigenvalue weighted by atomic mass is 10.0. The molecular weight excluding hydrogens is 510 g/mol. The monoisotopic (exact) mass is 547 g/mol. The van der Waals surface area contributed by atoms with Crippen molar-refractivity contribution in [1.82, 2.24) is 10.2 Å². The molecule has 4 rings (SSSR count). The van der Waals surface area contributed by atoms with Crippen LogP contribution in [0, 0.1) is 12.8 Å². The maximum atomic E-state index is 14.0. The molecule has 0 bridgehead atoms. The first-order valence-electron chi connectivity index (χ1n) is 13.3. The second-order valence-corrected chi connectivity index (χ2v) is 11.6. The molecule has 3 amide bonds. The summed E-state index contributed by atoms with van der Waals surface area (Å²) in [5.74, 6) is -0.415. The number of nitrogens with one attached hydrogen (secondary N) is 2. The highest BCUT2D eigenvalue weighted by molar-refractivity contribution is 7.80. The van der Waals surface area contributed by atoms with E-state index in [2.05, 4.69) is 30.2 Å². The molecule has 1 saturated carbocycles. The molecule has 3 aromatic carbocycles. The molecule has 0 saturated heterocycles. The van der Waals surface area contributed by atoms with Crippen LogP contribution in [0.1, 0.15) is 51.3 Å². The van der Waals surface area contributed by atoms with Crippen LogP contribution in [0.5, 0.6) is 0 Å². The van der Waals surface area contributed by atoms with Gasteiger partial charge in [0, 0.05) is 17.5 Å². The quantitative estimate of drug-likeness (QED) is 0.307. The third-order valence-corrected chi connectivity index (χ3v) is 7.15. The van der Waals surface area contributed by atoms with Gasteiger partial charge in [-0.15, -0.1) is 0 Å². The van der Waals surface area contributed by atoms with Crippen molar-refractivity contribution in [3.8, 4) is 0 Å². The van der Waals surface area contributed by atoms with Crippen LogP contribution in [0.3, 0.4) is 0 Å². The van der Waals surface area contributed by atoms with E-state index in [0.29, 0.717) is 11.3 Å². The molecule has 4 unspecified atom stereocenters. The molecule has 0 spiro atoms. The molecule has 206 valence electrons. The van der Waals surface area contributed by atoms with Gasteiger partial charge >= 0.3 is 6.09 Å². The Morgan fingerprint density at radius 2 is 1.67 bits per heavy atom. The van der Waals surface area contributed by atoms with Crippen LogP contribution in [0.4, 0.5) is 10.5 Å². The Bertz CT molecular complexity index is 1350. The molecule has 4 atom stereocenters. The first-order valence-corrected chi connectivity index (χ1v) is 13.9. The van der Waals surface area contributed by atoms with Crippen LogP contribution < -0.4 is 10.6 Å². The molecule has 1 fully saturated rings. The molecule has 3 aromatic rings. The van der Waals surface area contributed by atoms with E-state index in [4.69, 9.17) is 4.74 Å². The van der Waals surface area contributed by atoms with Crippen molar-refractivity contribution in [2.24, 2.45) is 5.92 Å². The van der Waals surface area contributed by atoms with Gasteiger partial charge in [-0.1, -0.05) is 67.1 Å². The largest absolute Gasteiger partial charge is 0.444 e. The molecule has 39 heavy (non-hydrogen) atoms. The number of aryl methyl sites for hydroxylation is 1. The summed E-state index contributed by atoms with van der Waals surface area (Å²) in [5.41, 5.74) is 1.67. The van der Waals surface area contributed by atoms with E-state index in [1.807, 2.05) is 73.7 Å². The highest BCUT2D eigenvalue weighted by Crippen LogP contribution is 2.41. The second kappa shape index (κ2) is 11.7. The Balaban J connectivity index is 1.68. The van der Waals surface area contributed by atoms with Crippen molar-refractivity contribution < 1.29 is 19.1 Å². The Morgan fingerprint density at radius 1 is 1.03 bits per heavy atom. The lowest BCUT2D eigenvalue weighted by molar-refractivity contribution is -0.141. The van der Waals surface area contributed by atoms with Crippen molar-refractivity contribution in [2.45, 2.75) is 64.8 Å². The highest BCUT2D eigenvalue weighted by Gasteiger charge is 2.48. The molecule has 0 radical (unpaired) electrons. The lowest BCUT2D eigenvalue weighted by Crippen LogP contribution is -2.54. The summed E-state index contributed by atoms with van der Waals surface area (Å²) in [6.45, 7) is 9.30. The number of hydrogen-bond donors (Lipinski definition) is 3. The van der Waals surface area contributed by atoms with E-state index in [0.717, 1.165) is 22.8 Å². The molecule has 8 heteroatoms. The average Bonchev–Trinajstić information content (AvgIpc) is 3.60. The van der Waals surface area contributed by atoms with Crippen molar-refractivity contribution in [3.63, 3.8) is 0 Å². The Hall–Kier alpha value is -3.52. The van der Waals surface area contributed by atoms with Gasteiger partial charge in [-0.2, -0.15) is 12.6 Å². The van der Waals surface area contributed by atoms with E-state index in [1.165, 1.54) is 0 Å². The van der Waals surface area contributed by atoms with Crippen LogP contribution >= 0.6 is 12.6 Å². The van der Waals surface area contributed by atoms with Gasteiger partial charge in [0.25, 0.3) is 5.91 Å². The number of rotatable bonds is 8. The van der Waals surface area contributed by atoms with Crippen LogP contribution in [-0.2, 0) is 14.3 Å². The summed E-state index contributed by atoms with van der Waals surface area (Å²) in [4.78, 5) is 42.2. The summed E-state index contributed by atoms with van der Waals surface area (Å²) in [6, 6.07) is 19.3. The van der Waals surface area contributed by atoms with Crippen molar-refractivity contribution in [1.29, 1.82) is 0 Å². The van der Waals surface area contributed by atoms with Gasteiger partial charge in [0.2, 0.25) is 5.91 Å². The minimum absolute atomic E-state index is 0.0581. The summed E-state index contributed by atoms with van der Waals surface area (Å²) >= 11 is 4.36. The summed E-state index contributed by atoms with van der Waals surface area (Å²) in [7, 11) is 0. The predicted molar refractivity (Wildman–Crippen MR) is 158 cm³/mol. The number of fused-ring (bicyclic) bond motifs is 1. The van der Waals surface area contributed by atoms with Crippen LogP contribution in [0.15, 0.2) is 66.7 Å². The zero-order valence-corrected chi connectivity index (χ0v) is 24.0. The van der Waals surface area contributed by atoms with E-state index < -0.39 is 23.8 Å². The number of thiol groups is 1. The molecule has 0 aromatic heterocycles. The van der Waals surface area contributed by atoms with E-state index >= 15 is 0 Å². The van der Waals surface area contributed by atoms with E-state index in [-0.39, 0.29) is 29.5 Å². The molecule has 0 heterocycles. The summed E-state index contributed by atoms with van der Waals surface area (Å²) in [6.07, 6.45) is 0.0644. The SMILES string of the molecule is Cc1ccc(C(C(=O)Nc2ccc3ccccc3c2)N(C(=O)C(CS)NC(=O)OC(C)(C)C)C2CC2C)cc1. The Kier molecular flexibility index (Phi) is 8.54. The average molecular weight is 548 g/mol. The number of amides is 3. The molecule has 7 nitrogen and oxygen atoms in total. The normalized spacial score (nSPS) is 18.1. The van der Waals surface area contributed by atoms with Gasteiger partial charge in [0.05, 0.1) is 0 Å². The third kappa shape index (κ3) is 7.12. The predicted octanol–water partition coefficient (Wildman–Crippen LogP) is 5.89. The number of benzene rings is 3. The smallest absolute Gasteiger partial charge is 0.408 e. The lowest BCUT2D eigenvalue weighted by Gasteiger charge is -2.34. The molecule has 0 aliphatic heterocycles. The Labute approximate surface area is 235 Å². The van der Waals surface area contributed by atoms with Gasteiger partial charge in [0.1, 0.15) is 17.7 Å². The fourth-order valence-corrected chi connectivity index (χ4v) is 4.90. The van der Waals surface area contributed by atoms with Gasteiger partial charge in [-0.3, -0.25) is 9.59 Å². The number of carbonyl (C=O) groups is 3. The second-order valence-electron chi connectivity index (χ2n) is 11.3. The van der Waals surface area contributed by atoms with Crippen LogP contribution in [0.2, 0.25) is 0 Å². The van der Waals surface area contributed by atoms with Crippen molar-refractivity contribution in [2.75, 3.05) is 11.1 Å². The number of ether oxygens (including phenoxy) is 1. The number of alkyl carbamates (subject to hydrolysis) is 1. The zero-order chi connectivity index (χ0) is 28.3. The fraction of sp³-hybridized carbons (Fsp3) is 0.387. The minimum atomic E-state index is -0.961. The molecule has 1 aliphatic carbocycles. The van der Waals surface area contributed by atoms with Gasteiger partial charge in [0.15, 0.2) is 0 Å². The standard InChI is InChI=1S/C31H37N3O4S/c1-19-10-12-22(13-11-19)27(28(35)32-24-15-14-21-8-6-7-9-23(21)17-24)34(26-16-20(26)2)29(36)25(18-39)33-30(37)38-31(3,4)5/h6-15,17,20,25-27,39H,16,18H2,1-5H3,(H,32,35)(H,33,37). The zero-order valence-electron chi connectivity index (χ0n) is 23.1. The first kappa shape index (κ1) is 28.5. The number of nitrogens with zero attached hydrogens (tertiary/aromatic N) is 1. The van der Waals surface area contributed by atoms with Crippen LogP contribution in [0.25, 0.3) is 10.8 Å². The van der Waals surface area contributed by atoms with Gasteiger partial charge < -0.3 is 20.3 Å². The van der Waals surface area contributed by atoms with Gasteiger partial charge in [-0.25, -0.2) is 4.79 Å². The minimum Gasteiger partial charge on any atom is -0.444 e. The van der Waals surface area contributed by atoms with E-state index in [9.17, 15) is 14.4 Å². The van der Waals surface area contributed by atoms with Crippen LogP contribution in [-0.4, -0.2) is 46.2 Å². The first-order chi connectivity index (χ1) is 18.5. The fourth-order valence-electron chi connectivity index (χ4n) is 4.65. The number of carbonyl (C=O) groups excluding carboxylic acids is 3. The van der Waals surface area contributed by atoms with Gasteiger partial charge in [-0.05, 0) is 68.5 Å². The van der Waals surface area contributed by atoms with Crippen molar-refractivity contribution >= 4 is 47.0 Å². The molecular formula is C31H37N3O4S. The summed E-state index contributed by atoms with van der Waals surface area (Å²) in [5, 5.41) is 7.78.